The lowest BCUT2D eigenvalue weighted by Crippen LogP contribution is -2.35. The third-order valence-corrected chi connectivity index (χ3v) is 5.97. The first-order valence-corrected chi connectivity index (χ1v) is 10.8. The molecular weight excluding hydrogens is 441 g/mol. The first-order chi connectivity index (χ1) is 14.4. The molecule has 7 heteroatoms. The van der Waals surface area contributed by atoms with Crippen molar-refractivity contribution in [1.82, 2.24) is 14.9 Å². The van der Waals surface area contributed by atoms with Crippen LogP contribution in [-0.4, -0.2) is 21.5 Å². The van der Waals surface area contributed by atoms with E-state index in [0.29, 0.717) is 32.1 Å². The maximum absolute atomic E-state index is 13.1. The maximum atomic E-state index is 13.1. The lowest BCUT2D eigenvalue weighted by atomic mass is 10.0. The molecule has 0 bridgehead atoms. The molecule has 0 spiro atoms. The van der Waals surface area contributed by atoms with E-state index in [2.05, 4.69) is 11.4 Å². The molecule has 4 rings (SSSR count). The minimum Gasteiger partial charge on any atom is -0.343 e. The van der Waals surface area contributed by atoms with Crippen molar-refractivity contribution in [2.75, 3.05) is 0 Å². The fourth-order valence-electron chi connectivity index (χ4n) is 3.67. The van der Waals surface area contributed by atoms with Crippen LogP contribution in [0.4, 0.5) is 0 Å². The largest absolute Gasteiger partial charge is 0.343 e. The maximum Gasteiger partial charge on any atom is 0.287 e. The molecule has 0 saturated heterocycles. The van der Waals surface area contributed by atoms with Gasteiger partial charge in [-0.15, -0.1) is 0 Å². The molecule has 3 aromatic rings. The van der Waals surface area contributed by atoms with Gasteiger partial charge in [0, 0.05) is 34.3 Å². The van der Waals surface area contributed by atoms with Crippen LogP contribution in [0.2, 0.25) is 15.1 Å². The molecule has 0 aliphatic heterocycles. The number of imidazole rings is 1. The van der Waals surface area contributed by atoms with Crippen LogP contribution in [0.15, 0.2) is 54.6 Å². The summed E-state index contributed by atoms with van der Waals surface area (Å²) < 4.78 is 1.80. The molecule has 4 nitrogen and oxygen atoms in total. The number of benzene rings is 2. The molecule has 30 heavy (non-hydrogen) atoms. The van der Waals surface area contributed by atoms with E-state index in [1.165, 1.54) is 0 Å². The van der Waals surface area contributed by atoms with E-state index in [1.807, 2.05) is 43.5 Å². The number of amides is 1. The summed E-state index contributed by atoms with van der Waals surface area (Å²) in [5.74, 6) is 0.0977. The molecule has 1 heterocycles. The van der Waals surface area contributed by atoms with Crippen molar-refractivity contribution in [1.29, 1.82) is 0 Å². The van der Waals surface area contributed by atoms with Crippen molar-refractivity contribution >= 4 is 40.7 Å². The molecule has 1 unspecified atom stereocenters. The van der Waals surface area contributed by atoms with Gasteiger partial charge in [-0.05, 0) is 49.6 Å². The van der Waals surface area contributed by atoms with E-state index in [1.54, 1.807) is 16.7 Å². The highest BCUT2D eigenvalue weighted by Gasteiger charge is 2.25. The molecule has 154 valence electrons. The van der Waals surface area contributed by atoms with Gasteiger partial charge in [-0.3, -0.25) is 4.79 Å². The molecule has 1 aliphatic carbocycles. The number of nitrogens with one attached hydrogen (secondary N) is 1. The Labute approximate surface area is 190 Å². The first kappa shape index (κ1) is 21.0. The number of carbonyl (C=O) groups is 1. The Morgan fingerprint density at radius 3 is 2.50 bits per heavy atom. The van der Waals surface area contributed by atoms with Crippen LogP contribution in [0.5, 0.6) is 0 Å². The number of rotatable bonds is 4. The van der Waals surface area contributed by atoms with Gasteiger partial charge < -0.3 is 9.88 Å². The van der Waals surface area contributed by atoms with Gasteiger partial charge >= 0.3 is 0 Å². The molecular formula is C23H20Cl3N3O. The first-order valence-electron chi connectivity index (χ1n) is 9.69. The highest BCUT2D eigenvalue weighted by molar-refractivity contribution is 6.36. The Kier molecular flexibility index (Phi) is 6.19. The van der Waals surface area contributed by atoms with E-state index < -0.39 is 0 Å². The fraction of sp³-hybridized carbons (Fsp3) is 0.217. The number of aromatic nitrogens is 2. The standard InChI is InChI=1S/C23H20Cl3N3O/c1-29-21(14-7-9-15(24)10-8-14)20(18-12-11-16(25)13-19(18)26)28-22(29)23(30)27-17-5-3-2-4-6-17/h3,5,7-13,17H,2,4,6H2,1H3,(H,27,30). The van der Waals surface area contributed by atoms with Crippen LogP contribution in [0, 0.1) is 0 Å². The molecule has 1 aromatic heterocycles. The van der Waals surface area contributed by atoms with E-state index >= 15 is 0 Å². The second-order valence-corrected chi connectivity index (χ2v) is 8.54. The molecule has 1 N–H and O–H groups in total. The van der Waals surface area contributed by atoms with Gasteiger partial charge in [-0.1, -0.05) is 59.1 Å². The number of hydrogen-bond donors (Lipinski definition) is 1. The Hall–Kier alpha value is -2.27. The number of carbonyl (C=O) groups excluding carboxylic acids is 1. The smallest absolute Gasteiger partial charge is 0.287 e. The summed E-state index contributed by atoms with van der Waals surface area (Å²) in [5, 5.41) is 4.71. The number of allylic oxidation sites excluding steroid dienone is 1. The van der Waals surface area contributed by atoms with E-state index in [-0.39, 0.29) is 11.9 Å². The molecule has 0 radical (unpaired) electrons. The van der Waals surface area contributed by atoms with Crippen molar-refractivity contribution < 1.29 is 4.79 Å². The monoisotopic (exact) mass is 459 g/mol. The minimum atomic E-state index is -0.222. The van der Waals surface area contributed by atoms with Crippen molar-refractivity contribution in [2.45, 2.75) is 25.3 Å². The summed E-state index contributed by atoms with van der Waals surface area (Å²) >= 11 is 18.6. The summed E-state index contributed by atoms with van der Waals surface area (Å²) in [6.07, 6.45) is 7.18. The summed E-state index contributed by atoms with van der Waals surface area (Å²) in [6.45, 7) is 0. The van der Waals surface area contributed by atoms with Crippen LogP contribution in [0.25, 0.3) is 22.5 Å². The second-order valence-electron chi connectivity index (χ2n) is 7.26. The van der Waals surface area contributed by atoms with Crippen molar-refractivity contribution in [2.24, 2.45) is 7.05 Å². The summed E-state index contributed by atoms with van der Waals surface area (Å²) in [5.41, 5.74) is 2.98. The third-order valence-electron chi connectivity index (χ3n) is 5.17. The third kappa shape index (κ3) is 4.27. The van der Waals surface area contributed by atoms with Crippen molar-refractivity contribution in [3.63, 3.8) is 0 Å². The highest BCUT2D eigenvalue weighted by atomic mass is 35.5. The highest BCUT2D eigenvalue weighted by Crippen LogP contribution is 2.37. The van der Waals surface area contributed by atoms with Gasteiger partial charge in [0.05, 0.1) is 16.4 Å². The van der Waals surface area contributed by atoms with E-state index in [0.717, 1.165) is 30.5 Å². The molecule has 0 fully saturated rings. The lowest BCUT2D eigenvalue weighted by molar-refractivity contribution is 0.0928. The van der Waals surface area contributed by atoms with Crippen LogP contribution in [0.3, 0.4) is 0 Å². The van der Waals surface area contributed by atoms with Gasteiger partial charge in [0.25, 0.3) is 5.91 Å². The number of hydrogen-bond acceptors (Lipinski definition) is 2. The number of halogens is 3. The molecule has 1 amide bonds. The second kappa shape index (κ2) is 8.84. The Bertz CT molecular complexity index is 1120. The fourth-order valence-corrected chi connectivity index (χ4v) is 4.30. The zero-order chi connectivity index (χ0) is 21.3. The van der Waals surface area contributed by atoms with Gasteiger partial charge in [-0.25, -0.2) is 4.98 Å². The van der Waals surface area contributed by atoms with Crippen molar-refractivity contribution in [3.8, 4) is 22.5 Å². The predicted molar refractivity (Wildman–Crippen MR) is 123 cm³/mol. The zero-order valence-electron chi connectivity index (χ0n) is 16.3. The van der Waals surface area contributed by atoms with Gasteiger partial charge in [-0.2, -0.15) is 0 Å². The van der Waals surface area contributed by atoms with E-state index in [9.17, 15) is 4.79 Å². The summed E-state index contributed by atoms with van der Waals surface area (Å²) in [7, 11) is 1.83. The van der Waals surface area contributed by atoms with Gasteiger partial charge in [0.1, 0.15) is 0 Å². The number of nitrogens with zero attached hydrogens (tertiary/aromatic N) is 2. The summed E-state index contributed by atoms with van der Waals surface area (Å²) in [6, 6.07) is 12.7. The van der Waals surface area contributed by atoms with Crippen LogP contribution >= 0.6 is 34.8 Å². The SMILES string of the molecule is Cn1c(C(=O)NC2C=CCCC2)nc(-c2ccc(Cl)cc2Cl)c1-c1ccc(Cl)cc1. The molecule has 1 aliphatic rings. The van der Waals surface area contributed by atoms with Gasteiger partial charge in [0.15, 0.2) is 5.82 Å². The molecule has 2 aromatic carbocycles. The Morgan fingerprint density at radius 1 is 1.10 bits per heavy atom. The minimum absolute atomic E-state index is 0.0181. The normalized spacial score (nSPS) is 15.9. The predicted octanol–water partition coefficient (Wildman–Crippen LogP) is 6.55. The zero-order valence-corrected chi connectivity index (χ0v) is 18.6. The van der Waals surface area contributed by atoms with Crippen LogP contribution in [0.1, 0.15) is 29.9 Å². The Balaban J connectivity index is 1.82. The van der Waals surface area contributed by atoms with E-state index in [4.69, 9.17) is 39.8 Å². The topological polar surface area (TPSA) is 46.9 Å². The average molecular weight is 461 g/mol. The lowest BCUT2D eigenvalue weighted by Gasteiger charge is -2.17. The molecule has 1 atom stereocenters. The summed E-state index contributed by atoms with van der Waals surface area (Å²) in [4.78, 5) is 17.8. The quantitative estimate of drug-likeness (QED) is 0.449. The van der Waals surface area contributed by atoms with Gasteiger partial charge in [0.2, 0.25) is 0 Å². The Morgan fingerprint density at radius 2 is 1.83 bits per heavy atom. The van der Waals surface area contributed by atoms with Crippen LogP contribution in [-0.2, 0) is 7.05 Å². The average Bonchev–Trinajstić information content (AvgIpc) is 3.06. The molecule has 0 saturated carbocycles. The van der Waals surface area contributed by atoms with Crippen LogP contribution < -0.4 is 5.32 Å². The van der Waals surface area contributed by atoms with Crippen molar-refractivity contribution in [3.05, 3.63) is 75.5 Å².